The van der Waals surface area contributed by atoms with Gasteiger partial charge in [0.15, 0.2) is 5.82 Å². The van der Waals surface area contributed by atoms with E-state index in [1.807, 2.05) is 0 Å². The predicted molar refractivity (Wildman–Crippen MR) is 81.5 cm³/mol. The Kier molecular flexibility index (Phi) is 5.15. The fraction of sp³-hybridized carbons (Fsp3) is 0.538. The van der Waals surface area contributed by atoms with Gasteiger partial charge in [-0.3, -0.25) is 0 Å². The lowest BCUT2D eigenvalue weighted by Crippen LogP contribution is -2.45. The van der Waals surface area contributed by atoms with E-state index in [2.05, 4.69) is 6.92 Å². The minimum atomic E-state index is -3.85. The van der Waals surface area contributed by atoms with Gasteiger partial charge in [-0.15, -0.1) is 0 Å². The second kappa shape index (κ2) is 6.38. The van der Waals surface area contributed by atoms with E-state index in [4.69, 9.17) is 28.9 Å². The Balaban J connectivity index is 2.37. The van der Waals surface area contributed by atoms with Crippen molar-refractivity contribution in [1.82, 2.24) is 4.31 Å². The van der Waals surface area contributed by atoms with Gasteiger partial charge in [-0.25, -0.2) is 12.8 Å². The van der Waals surface area contributed by atoms with E-state index in [9.17, 15) is 12.8 Å². The van der Waals surface area contributed by atoms with Gasteiger partial charge in [0.05, 0.1) is 10.0 Å². The first-order valence-corrected chi connectivity index (χ1v) is 8.82. The largest absolute Gasteiger partial charge is 0.330 e. The molecule has 21 heavy (non-hydrogen) atoms. The topological polar surface area (TPSA) is 63.4 Å². The third-order valence-corrected chi connectivity index (χ3v) is 6.68. The molecular weight excluding hydrogens is 338 g/mol. The maximum atomic E-state index is 13.7. The SMILES string of the molecule is CC1CCN(S(=O)(=O)c2ccc(Cl)c(F)c2Cl)CC1CN. The highest BCUT2D eigenvalue weighted by atomic mass is 35.5. The number of halogens is 3. The molecule has 2 unspecified atom stereocenters. The zero-order chi connectivity index (χ0) is 15.8. The summed E-state index contributed by atoms with van der Waals surface area (Å²) in [6.45, 7) is 3.16. The number of hydrogen-bond donors (Lipinski definition) is 1. The van der Waals surface area contributed by atoms with Crippen molar-refractivity contribution in [1.29, 1.82) is 0 Å². The summed E-state index contributed by atoms with van der Waals surface area (Å²) >= 11 is 11.4. The van der Waals surface area contributed by atoms with Gasteiger partial charge >= 0.3 is 0 Å². The van der Waals surface area contributed by atoms with Gasteiger partial charge in [-0.1, -0.05) is 30.1 Å². The number of sulfonamides is 1. The number of hydrogen-bond acceptors (Lipinski definition) is 3. The molecule has 0 aliphatic carbocycles. The van der Waals surface area contributed by atoms with Gasteiger partial charge < -0.3 is 5.73 Å². The summed E-state index contributed by atoms with van der Waals surface area (Å²) in [5, 5.41) is -0.670. The lowest BCUT2D eigenvalue weighted by Gasteiger charge is -2.35. The van der Waals surface area contributed by atoms with E-state index in [0.29, 0.717) is 25.6 Å². The number of rotatable bonds is 3. The molecule has 0 spiro atoms. The minimum absolute atomic E-state index is 0.0875. The maximum Gasteiger partial charge on any atom is 0.244 e. The van der Waals surface area contributed by atoms with Crippen molar-refractivity contribution in [3.63, 3.8) is 0 Å². The molecule has 1 heterocycles. The normalized spacial score (nSPS) is 24.2. The van der Waals surface area contributed by atoms with Crippen LogP contribution in [-0.4, -0.2) is 32.4 Å². The zero-order valence-electron chi connectivity index (χ0n) is 11.5. The Labute approximate surface area is 134 Å². The highest BCUT2D eigenvalue weighted by Gasteiger charge is 2.34. The van der Waals surface area contributed by atoms with E-state index in [-0.39, 0.29) is 15.8 Å². The molecule has 1 fully saturated rings. The van der Waals surface area contributed by atoms with E-state index in [1.165, 1.54) is 16.4 Å². The minimum Gasteiger partial charge on any atom is -0.330 e. The molecule has 2 N–H and O–H groups in total. The van der Waals surface area contributed by atoms with E-state index >= 15 is 0 Å². The number of piperidine rings is 1. The molecule has 4 nitrogen and oxygen atoms in total. The highest BCUT2D eigenvalue weighted by molar-refractivity contribution is 7.89. The third-order valence-electron chi connectivity index (χ3n) is 4.00. The maximum absolute atomic E-state index is 13.7. The van der Waals surface area contributed by atoms with Crippen LogP contribution < -0.4 is 5.73 Å². The first kappa shape index (κ1) is 17.0. The smallest absolute Gasteiger partial charge is 0.244 e. The Bertz CT molecular complexity index is 639. The van der Waals surface area contributed by atoms with Crippen LogP contribution in [0.15, 0.2) is 17.0 Å². The summed E-state index contributed by atoms with van der Waals surface area (Å²) in [4.78, 5) is -0.253. The molecule has 1 saturated heterocycles. The lowest BCUT2D eigenvalue weighted by atomic mass is 9.88. The van der Waals surface area contributed by atoms with Gasteiger partial charge in [-0.05, 0) is 36.9 Å². The first-order valence-electron chi connectivity index (χ1n) is 6.62. The van der Waals surface area contributed by atoms with Crippen LogP contribution in [0, 0.1) is 17.7 Å². The highest BCUT2D eigenvalue weighted by Crippen LogP contribution is 2.33. The molecule has 1 aromatic carbocycles. The summed E-state index contributed by atoms with van der Waals surface area (Å²) in [6.07, 6.45) is 0.717. The lowest BCUT2D eigenvalue weighted by molar-refractivity contribution is 0.203. The molecule has 0 aromatic heterocycles. The van der Waals surface area contributed by atoms with Gasteiger partial charge in [0.1, 0.15) is 4.90 Å². The van der Waals surface area contributed by atoms with E-state index < -0.39 is 20.9 Å². The average Bonchev–Trinajstić information content (AvgIpc) is 2.44. The molecule has 0 saturated carbocycles. The molecular formula is C13H17Cl2FN2O2S. The fourth-order valence-electron chi connectivity index (χ4n) is 2.49. The van der Waals surface area contributed by atoms with E-state index in [0.717, 1.165) is 6.42 Å². The molecule has 118 valence electrons. The Hall–Kier alpha value is -0.400. The fourth-order valence-corrected chi connectivity index (χ4v) is 4.72. The quantitative estimate of drug-likeness (QED) is 0.848. The molecule has 0 bridgehead atoms. The molecule has 2 rings (SSSR count). The zero-order valence-corrected chi connectivity index (χ0v) is 13.8. The summed E-state index contributed by atoms with van der Waals surface area (Å²) in [5.41, 5.74) is 5.69. The third kappa shape index (κ3) is 3.19. The molecule has 0 amide bonds. The van der Waals surface area contributed by atoms with Crippen LogP contribution in [0.1, 0.15) is 13.3 Å². The second-order valence-electron chi connectivity index (χ2n) is 5.30. The molecule has 1 aliphatic rings. The van der Waals surface area contributed by atoms with Crippen molar-refractivity contribution in [3.8, 4) is 0 Å². The monoisotopic (exact) mass is 354 g/mol. The molecule has 1 aliphatic heterocycles. The molecule has 0 radical (unpaired) electrons. The van der Waals surface area contributed by atoms with Gasteiger partial charge in [0, 0.05) is 13.1 Å². The van der Waals surface area contributed by atoms with Crippen molar-refractivity contribution in [3.05, 3.63) is 28.0 Å². The van der Waals surface area contributed by atoms with Crippen LogP contribution >= 0.6 is 23.2 Å². The predicted octanol–water partition coefficient (Wildman–Crippen LogP) is 2.74. The molecule has 8 heteroatoms. The Morgan fingerprint density at radius 2 is 2.10 bits per heavy atom. The van der Waals surface area contributed by atoms with Crippen LogP contribution in [0.25, 0.3) is 0 Å². The van der Waals surface area contributed by atoms with E-state index in [1.54, 1.807) is 0 Å². The summed E-state index contributed by atoms with van der Waals surface area (Å²) in [6, 6.07) is 2.43. The standard InChI is InChI=1S/C13H17Cl2FN2O2S/c1-8-4-5-18(7-9(8)6-17)21(19,20)11-3-2-10(14)13(16)12(11)15/h2-3,8-9H,4-7,17H2,1H3. The van der Waals surface area contributed by atoms with Gasteiger partial charge in [-0.2, -0.15) is 4.31 Å². The average molecular weight is 355 g/mol. The Morgan fingerprint density at radius 1 is 1.43 bits per heavy atom. The van der Waals surface area contributed by atoms with Crippen LogP contribution in [0.5, 0.6) is 0 Å². The van der Waals surface area contributed by atoms with Crippen molar-refractivity contribution in [2.24, 2.45) is 17.6 Å². The second-order valence-corrected chi connectivity index (χ2v) is 7.99. The summed E-state index contributed by atoms with van der Waals surface area (Å²) in [7, 11) is -3.85. The number of benzene rings is 1. The van der Waals surface area contributed by atoms with Crippen molar-refractivity contribution in [2.75, 3.05) is 19.6 Å². The summed E-state index contributed by atoms with van der Waals surface area (Å²) in [5.74, 6) is -0.469. The summed E-state index contributed by atoms with van der Waals surface area (Å²) < 4.78 is 40.3. The molecule has 1 aromatic rings. The van der Waals surface area contributed by atoms with Crippen molar-refractivity contribution >= 4 is 33.2 Å². The van der Waals surface area contributed by atoms with Crippen LogP contribution in [0.2, 0.25) is 10.0 Å². The van der Waals surface area contributed by atoms with Crippen molar-refractivity contribution in [2.45, 2.75) is 18.2 Å². The van der Waals surface area contributed by atoms with Crippen LogP contribution in [-0.2, 0) is 10.0 Å². The van der Waals surface area contributed by atoms with Crippen LogP contribution in [0.3, 0.4) is 0 Å². The molecule has 2 atom stereocenters. The first-order chi connectivity index (χ1) is 9.78. The van der Waals surface area contributed by atoms with Gasteiger partial charge in [0.2, 0.25) is 10.0 Å². The van der Waals surface area contributed by atoms with Crippen molar-refractivity contribution < 1.29 is 12.8 Å². The van der Waals surface area contributed by atoms with Crippen LogP contribution in [0.4, 0.5) is 4.39 Å². The van der Waals surface area contributed by atoms with Gasteiger partial charge in [0.25, 0.3) is 0 Å². The number of nitrogens with two attached hydrogens (primary N) is 1. The number of nitrogens with zero attached hydrogens (tertiary/aromatic N) is 1. The Morgan fingerprint density at radius 3 is 2.71 bits per heavy atom.